The number of hydrogen-bond donors (Lipinski definition) is 1. The molecule has 0 saturated heterocycles. The lowest BCUT2D eigenvalue weighted by atomic mass is 10.1. The molecule has 0 spiro atoms. The third kappa shape index (κ3) is 2.66. The molecule has 18 heavy (non-hydrogen) atoms. The fourth-order valence-electron chi connectivity index (χ4n) is 1.49. The van der Waals surface area contributed by atoms with Crippen LogP contribution in [-0.4, -0.2) is 24.1 Å². The Balaban J connectivity index is 2.56. The first-order valence-corrected chi connectivity index (χ1v) is 6.00. The van der Waals surface area contributed by atoms with Gasteiger partial charge in [-0.1, -0.05) is 23.2 Å². The molecule has 0 aliphatic rings. The molecule has 0 aliphatic carbocycles. The summed E-state index contributed by atoms with van der Waals surface area (Å²) in [5.41, 5.74) is 7.22. The molecule has 0 fully saturated rings. The van der Waals surface area contributed by atoms with E-state index in [0.29, 0.717) is 27.5 Å². The van der Waals surface area contributed by atoms with Crippen molar-refractivity contribution in [1.82, 2.24) is 9.97 Å². The first kappa shape index (κ1) is 12.9. The molecule has 0 saturated carbocycles. The Hall–Kier alpha value is -1.52. The molecule has 0 radical (unpaired) electrons. The average Bonchev–Trinajstić information content (AvgIpc) is 2.27. The molecule has 2 N–H and O–H groups in total. The van der Waals surface area contributed by atoms with E-state index in [4.69, 9.17) is 28.9 Å². The number of nitrogen functional groups attached to an aromatic ring is 1. The second-order valence-corrected chi connectivity index (χ2v) is 4.84. The largest absolute Gasteiger partial charge is 0.384 e. The van der Waals surface area contributed by atoms with E-state index in [1.54, 1.807) is 23.1 Å². The summed E-state index contributed by atoms with van der Waals surface area (Å²) in [5.74, 6) is 0.936. The molecule has 0 unspecified atom stereocenters. The average molecular weight is 283 g/mol. The molecule has 2 rings (SSSR count). The van der Waals surface area contributed by atoms with Crippen LogP contribution in [0.3, 0.4) is 0 Å². The second kappa shape index (κ2) is 5.00. The van der Waals surface area contributed by atoms with Gasteiger partial charge >= 0.3 is 0 Å². The molecule has 1 heterocycles. The molecule has 0 atom stereocenters. The summed E-state index contributed by atoms with van der Waals surface area (Å²) in [6.45, 7) is 0. The number of aromatic nitrogens is 2. The van der Waals surface area contributed by atoms with Gasteiger partial charge in [-0.25, -0.2) is 4.98 Å². The Kier molecular flexibility index (Phi) is 3.59. The predicted octanol–water partition coefficient (Wildman–Crippen LogP) is 3.10. The Morgan fingerprint density at radius 1 is 1.11 bits per heavy atom. The lowest BCUT2D eigenvalue weighted by molar-refractivity contribution is 1.01. The second-order valence-electron chi connectivity index (χ2n) is 4.00. The van der Waals surface area contributed by atoms with E-state index < -0.39 is 0 Å². The van der Waals surface area contributed by atoms with Crippen molar-refractivity contribution in [3.8, 4) is 11.3 Å². The predicted molar refractivity (Wildman–Crippen MR) is 76.2 cm³/mol. The van der Waals surface area contributed by atoms with Gasteiger partial charge in [0.1, 0.15) is 5.82 Å². The number of rotatable bonds is 2. The van der Waals surface area contributed by atoms with Crippen LogP contribution in [0.5, 0.6) is 0 Å². The van der Waals surface area contributed by atoms with Gasteiger partial charge in [0.05, 0.1) is 10.7 Å². The van der Waals surface area contributed by atoms with E-state index in [1.165, 1.54) is 0 Å². The summed E-state index contributed by atoms with van der Waals surface area (Å²) < 4.78 is 0. The van der Waals surface area contributed by atoms with Crippen molar-refractivity contribution in [2.75, 3.05) is 24.7 Å². The Bertz CT molecular complexity index is 584. The lowest BCUT2D eigenvalue weighted by Crippen LogP contribution is -2.14. The van der Waals surface area contributed by atoms with Crippen molar-refractivity contribution >= 4 is 35.0 Å². The summed E-state index contributed by atoms with van der Waals surface area (Å²) in [7, 11) is 3.70. The van der Waals surface area contributed by atoms with Gasteiger partial charge in [0.2, 0.25) is 5.95 Å². The molecule has 1 aromatic carbocycles. The van der Waals surface area contributed by atoms with Crippen LogP contribution in [-0.2, 0) is 0 Å². The van der Waals surface area contributed by atoms with Gasteiger partial charge in [-0.3, -0.25) is 0 Å². The number of halogens is 2. The molecule has 0 amide bonds. The highest BCUT2D eigenvalue weighted by atomic mass is 35.5. The zero-order valence-corrected chi connectivity index (χ0v) is 11.5. The molecule has 1 aromatic heterocycles. The third-order valence-corrected chi connectivity index (χ3v) is 2.89. The van der Waals surface area contributed by atoms with E-state index in [9.17, 15) is 0 Å². The van der Waals surface area contributed by atoms with Crippen molar-refractivity contribution in [1.29, 1.82) is 0 Å². The van der Waals surface area contributed by atoms with Crippen molar-refractivity contribution in [2.24, 2.45) is 0 Å². The van der Waals surface area contributed by atoms with Crippen LogP contribution in [0.15, 0.2) is 24.3 Å². The molecule has 2 aromatic rings. The summed E-state index contributed by atoms with van der Waals surface area (Å²) in [6, 6.07) is 6.93. The molecular weight excluding hydrogens is 271 g/mol. The van der Waals surface area contributed by atoms with Crippen LogP contribution >= 0.6 is 23.2 Å². The topological polar surface area (TPSA) is 55.0 Å². The van der Waals surface area contributed by atoms with Gasteiger partial charge < -0.3 is 10.6 Å². The molecular formula is C12H12Cl2N4. The van der Waals surface area contributed by atoms with E-state index >= 15 is 0 Å². The number of nitrogens with zero attached hydrogens (tertiary/aromatic N) is 3. The highest BCUT2D eigenvalue weighted by Gasteiger charge is 2.10. The highest BCUT2D eigenvalue weighted by Crippen LogP contribution is 2.30. The Morgan fingerprint density at radius 3 is 2.44 bits per heavy atom. The van der Waals surface area contributed by atoms with Crippen LogP contribution < -0.4 is 10.6 Å². The molecule has 0 aliphatic heterocycles. The van der Waals surface area contributed by atoms with Gasteiger partial charge in [-0.15, -0.1) is 0 Å². The fraction of sp³-hybridized carbons (Fsp3) is 0.167. The van der Waals surface area contributed by atoms with Crippen molar-refractivity contribution < 1.29 is 0 Å². The van der Waals surface area contributed by atoms with Gasteiger partial charge in [0, 0.05) is 30.7 Å². The fourth-order valence-corrected chi connectivity index (χ4v) is 1.99. The van der Waals surface area contributed by atoms with Crippen LogP contribution in [0, 0.1) is 0 Å². The highest BCUT2D eigenvalue weighted by molar-refractivity contribution is 6.36. The van der Waals surface area contributed by atoms with E-state index in [-0.39, 0.29) is 0 Å². The Labute approximate surface area is 115 Å². The normalized spacial score (nSPS) is 10.4. The summed E-state index contributed by atoms with van der Waals surface area (Å²) in [5, 5.41) is 1.11. The van der Waals surface area contributed by atoms with Crippen LogP contribution in [0.4, 0.5) is 11.8 Å². The summed E-state index contributed by atoms with van der Waals surface area (Å²) in [4.78, 5) is 10.3. The standard InChI is InChI=1S/C12H12Cl2N4/c1-18(2)12-16-10(6-11(15)17-12)8-4-3-7(13)5-9(8)14/h3-6H,1-2H3,(H2,15,16,17). The van der Waals surface area contributed by atoms with Gasteiger partial charge in [0.25, 0.3) is 0 Å². The van der Waals surface area contributed by atoms with Crippen LogP contribution in [0.2, 0.25) is 10.0 Å². The van der Waals surface area contributed by atoms with Gasteiger partial charge in [0.15, 0.2) is 0 Å². The minimum absolute atomic E-state index is 0.398. The van der Waals surface area contributed by atoms with E-state index in [0.717, 1.165) is 5.56 Å². The molecule has 4 nitrogen and oxygen atoms in total. The van der Waals surface area contributed by atoms with Crippen LogP contribution in [0.1, 0.15) is 0 Å². The van der Waals surface area contributed by atoms with Crippen molar-refractivity contribution in [2.45, 2.75) is 0 Å². The number of anilines is 2. The summed E-state index contributed by atoms with van der Waals surface area (Å²) >= 11 is 12.0. The Morgan fingerprint density at radius 2 is 1.83 bits per heavy atom. The first-order valence-electron chi connectivity index (χ1n) is 5.24. The van der Waals surface area contributed by atoms with Gasteiger partial charge in [-0.2, -0.15) is 4.98 Å². The van der Waals surface area contributed by atoms with Gasteiger partial charge in [-0.05, 0) is 18.2 Å². The number of hydrogen-bond acceptors (Lipinski definition) is 4. The van der Waals surface area contributed by atoms with Crippen LogP contribution in [0.25, 0.3) is 11.3 Å². The zero-order valence-electron chi connectivity index (χ0n) is 9.98. The van der Waals surface area contributed by atoms with E-state index in [2.05, 4.69) is 9.97 Å². The molecule has 0 bridgehead atoms. The molecule has 6 heteroatoms. The number of nitrogens with two attached hydrogens (primary N) is 1. The SMILES string of the molecule is CN(C)c1nc(N)cc(-c2ccc(Cl)cc2Cl)n1. The van der Waals surface area contributed by atoms with Crippen molar-refractivity contribution in [3.05, 3.63) is 34.3 Å². The molecule has 94 valence electrons. The third-order valence-electron chi connectivity index (χ3n) is 2.34. The maximum atomic E-state index is 6.15. The first-order chi connectivity index (χ1) is 8.47. The smallest absolute Gasteiger partial charge is 0.227 e. The monoisotopic (exact) mass is 282 g/mol. The van der Waals surface area contributed by atoms with E-state index in [1.807, 2.05) is 20.2 Å². The summed E-state index contributed by atoms with van der Waals surface area (Å²) in [6.07, 6.45) is 0. The minimum atomic E-state index is 0.398. The van der Waals surface area contributed by atoms with Crippen molar-refractivity contribution in [3.63, 3.8) is 0 Å². The maximum Gasteiger partial charge on any atom is 0.227 e. The lowest BCUT2D eigenvalue weighted by Gasteiger charge is -2.12. The quantitative estimate of drug-likeness (QED) is 0.920. The zero-order chi connectivity index (χ0) is 13.3. The number of benzene rings is 1. The maximum absolute atomic E-state index is 6.15. The minimum Gasteiger partial charge on any atom is -0.384 e.